The molecule has 0 spiro atoms. The maximum Gasteiger partial charge on any atom is 0.175 e. The van der Waals surface area contributed by atoms with E-state index >= 15 is 0 Å². The van der Waals surface area contributed by atoms with Crippen LogP contribution in [0.4, 0.5) is 0 Å². The zero-order valence-corrected chi connectivity index (χ0v) is 12.9. The summed E-state index contributed by atoms with van der Waals surface area (Å²) in [5, 5.41) is 12.6. The number of aliphatic hydroxyl groups is 1. The van der Waals surface area contributed by atoms with Crippen LogP contribution in [0.15, 0.2) is 21.7 Å². The van der Waals surface area contributed by atoms with E-state index < -0.39 is 0 Å². The molecule has 0 aliphatic rings. The molecule has 0 bridgehead atoms. The number of nitrogens with zero attached hydrogens (tertiary/aromatic N) is 1. The Morgan fingerprint density at radius 2 is 2.21 bits per heavy atom. The predicted molar refractivity (Wildman–Crippen MR) is 79.1 cm³/mol. The molecular weight excluding hydrogens is 312 g/mol. The smallest absolute Gasteiger partial charge is 0.175 e. The Bertz CT molecular complexity index is 436. The molecule has 2 N–H and O–H groups in total. The van der Waals surface area contributed by atoms with Crippen LogP contribution in [0, 0.1) is 0 Å². The standard InChI is InChI=1S/C13H19BrN2O3/c1-9(2)19-13-11(14)6-10(7-12(13)18-3)8-16-15-4-5-17/h6-9,15,17H,4-5H2,1-3H3/b16-8+. The molecule has 0 saturated heterocycles. The number of rotatable bonds is 7. The van der Waals surface area contributed by atoms with Crippen LogP contribution in [0.1, 0.15) is 19.4 Å². The molecule has 5 nitrogen and oxygen atoms in total. The topological polar surface area (TPSA) is 63.1 Å². The molecule has 0 atom stereocenters. The van der Waals surface area contributed by atoms with E-state index in [4.69, 9.17) is 14.6 Å². The van der Waals surface area contributed by atoms with Crippen molar-refractivity contribution >= 4 is 22.1 Å². The first kappa shape index (κ1) is 15.8. The van der Waals surface area contributed by atoms with Crippen LogP contribution in [0.25, 0.3) is 0 Å². The van der Waals surface area contributed by atoms with Crippen molar-refractivity contribution in [3.8, 4) is 11.5 Å². The van der Waals surface area contributed by atoms with Crippen LogP contribution in [-0.2, 0) is 0 Å². The van der Waals surface area contributed by atoms with Gasteiger partial charge in [-0.1, -0.05) is 0 Å². The molecule has 106 valence electrons. The Hall–Kier alpha value is -1.27. The predicted octanol–water partition coefficient (Wildman–Crippen LogP) is 2.16. The van der Waals surface area contributed by atoms with Crippen LogP contribution >= 0.6 is 15.9 Å². The number of methoxy groups -OCH3 is 1. The average molecular weight is 331 g/mol. The van der Waals surface area contributed by atoms with Gasteiger partial charge in [0.1, 0.15) is 0 Å². The van der Waals surface area contributed by atoms with Crippen LogP contribution in [-0.4, -0.2) is 37.7 Å². The highest BCUT2D eigenvalue weighted by molar-refractivity contribution is 9.10. The van der Waals surface area contributed by atoms with E-state index in [-0.39, 0.29) is 12.7 Å². The third-order valence-corrected chi connectivity index (χ3v) is 2.72. The molecule has 0 aliphatic carbocycles. The Morgan fingerprint density at radius 1 is 1.47 bits per heavy atom. The molecule has 6 heteroatoms. The van der Waals surface area contributed by atoms with E-state index in [1.807, 2.05) is 26.0 Å². The summed E-state index contributed by atoms with van der Waals surface area (Å²) in [4.78, 5) is 0. The summed E-state index contributed by atoms with van der Waals surface area (Å²) in [6, 6.07) is 3.73. The van der Waals surface area contributed by atoms with E-state index in [1.54, 1.807) is 13.3 Å². The SMILES string of the molecule is COc1cc(/C=N/NCCO)cc(Br)c1OC(C)C. The number of hydrogen-bond acceptors (Lipinski definition) is 5. The second-order valence-corrected chi connectivity index (χ2v) is 4.94. The minimum atomic E-state index is 0.0471. The van der Waals surface area contributed by atoms with Gasteiger partial charge in [0, 0.05) is 0 Å². The molecule has 0 saturated carbocycles. The summed E-state index contributed by atoms with van der Waals surface area (Å²) in [6.45, 7) is 4.38. The van der Waals surface area contributed by atoms with Crippen molar-refractivity contribution in [3.63, 3.8) is 0 Å². The third-order valence-electron chi connectivity index (χ3n) is 2.13. The maximum absolute atomic E-state index is 8.63. The summed E-state index contributed by atoms with van der Waals surface area (Å²) < 4.78 is 11.8. The number of hydrogen-bond donors (Lipinski definition) is 2. The van der Waals surface area contributed by atoms with E-state index in [1.165, 1.54) is 0 Å². The van der Waals surface area contributed by atoms with Gasteiger partial charge in [0.15, 0.2) is 11.5 Å². The van der Waals surface area contributed by atoms with Crippen molar-refractivity contribution in [1.29, 1.82) is 0 Å². The first-order valence-corrected chi connectivity index (χ1v) is 6.78. The van der Waals surface area contributed by atoms with Gasteiger partial charge in [-0.3, -0.25) is 0 Å². The first-order valence-electron chi connectivity index (χ1n) is 5.99. The Balaban J connectivity index is 2.92. The molecule has 0 fully saturated rings. The van der Waals surface area contributed by atoms with Gasteiger partial charge >= 0.3 is 0 Å². The Labute approximate surface area is 121 Å². The highest BCUT2D eigenvalue weighted by Gasteiger charge is 2.12. The van der Waals surface area contributed by atoms with E-state index in [2.05, 4.69) is 26.5 Å². The van der Waals surface area contributed by atoms with Gasteiger partial charge < -0.3 is 20.0 Å². The highest BCUT2D eigenvalue weighted by Crippen LogP contribution is 2.36. The average Bonchev–Trinajstić information content (AvgIpc) is 2.37. The molecule has 0 aromatic heterocycles. The lowest BCUT2D eigenvalue weighted by molar-refractivity contribution is 0.228. The number of nitrogens with one attached hydrogen (secondary N) is 1. The fraction of sp³-hybridized carbons (Fsp3) is 0.462. The molecule has 0 radical (unpaired) electrons. The molecule has 1 rings (SSSR count). The highest BCUT2D eigenvalue weighted by atomic mass is 79.9. The summed E-state index contributed by atoms with van der Waals surface area (Å²) >= 11 is 3.46. The van der Waals surface area contributed by atoms with Crippen LogP contribution in [0.2, 0.25) is 0 Å². The number of benzene rings is 1. The largest absolute Gasteiger partial charge is 0.493 e. The van der Waals surface area contributed by atoms with Crippen LogP contribution in [0.5, 0.6) is 11.5 Å². The van der Waals surface area contributed by atoms with E-state index in [9.17, 15) is 0 Å². The first-order chi connectivity index (χ1) is 9.08. The van der Waals surface area contributed by atoms with E-state index in [0.717, 1.165) is 10.0 Å². The minimum absolute atomic E-state index is 0.0471. The molecule has 19 heavy (non-hydrogen) atoms. The second-order valence-electron chi connectivity index (χ2n) is 4.09. The Kier molecular flexibility index (Phi) is 6.66. The molecule has 1 aromatic rings. The minimum Gasteiger partial charge on any atom is -0.493 e. The summed E-state index contributed by atoms with van der Waals surface area (Å²) in [5.74, 6) is 1.32. The lowest BCUT2D eigenvalue weighted by Crippen LogP contribution is -2.11. The molecule has 1 aromatic carbocycles. The molecular formula is C13H19BrN2O3. The van der Waals surface area contributed by atoms with Crippen LogP contribution < -0.4 is 14.9 Å². The second kappa shape index (κ2) is 8.01. The third kappa shape index (κ3) is 5.08. The molecule has 0 amide bonds. The van der Waals surface area contributed by atoms with Crippen molar-refractivity contribution < 1.29 is 14.6 Å². The fourth-order valence-electron chi connectivity index (χ4n) is 1.40. The van der Waals surface area contributed by atoms with Gasteiger partial charge in [0.05, 0.1) is 37.1 Å². The van der Waals surface area contributed by atoms with Crippen molar-refractivity contribution in [2.75, 3.05) is 20.3 Å². The summed E-state index contributed by atoms with van der Waals surface area (Å²) in [7, 11) is 1.60. The van der Waals surface area contributed by atoms with Gasteiger partial charge in [-0.15, -0.1) is 0 Å². The molecule has 0 heterocycles. The Morgan fingerprint density at radius 3 is 2.79 bits per heavy atom. The lowest BCUT2D eigenvalue weighted by Gasteiger charge is -2.15. The molecule has 0 unspecified atom stereocenters. The van der Waals surface area contributed by atoms with Crippen molar-refractivity contribution in [1.82, 2.24) is 5.43 Å². The normalized spacial score (nSPS) is 11.1. The van der Waals surface area contributed by atoms with Crippen molar-refractivity contribution in [3.05, 3.63) is 22.2 Å². The van der Waals surface area contributed by atoms with Crippen molar-refractivity contribution in [2.24, 2.45) is 5.10 Å². The fourth-order valence-corrected chi connectivity index (χ4v) is 1.95. The summed E-state index contributed by atoms with van der Waals surface area (Å²) in [5.41, 5.74) is 3.59. The van der Waals surface area contributed by atoms with Crippen LogP contribution in [0.3, 0.4) is 0 Å². The lowest BCUT2D eigenvalue weighted by atomic mass is 10.2. The van der Waals surface area contributed by atoms with Gasteiger partial charge in [0.25, 0.3) is 0 Å². The zero-order chi connectivity index (χ0) is 14.3. The summed E-state index contributed by atoms with van der Waals surface area (Å²) in [6.07, 6.45) is 1.72. The van der Waals surface area contributed by atoms with Gasteiger partial charge in [-0.05, 0) is 47.5 Å². The number of halogens is 1. The van der Waals surface area contributed by atoms with E-state index in [0.29, 0.717) is 18.0 Å². The van der Waals surface area contributed by atoms with Crippen molar-refractivity contribution in [2.45, 2.75) is 20.0 Å². The number of aliphatic hydroxyl groups excluding tert-OH is 1. The van der Waals surface area contributed by atoms with Gasteiger partial charge in [0.2, 0.25) is 0 Å². The van der Waals surface area contributed by atoms with Gasteiger partial charge in [-0.25, -0.2) is 0 Å². The zero-order valence-electron chi connectivity index (χ0n) is 11.3. The quantitative estimate of drug-likeness (QED) is 0.457. The number of hydrazone groups is 1. The monoisotopic (exact) mass is 330 g/mol. The molecule has 0 aliphatic heterocycles. The van der Waals surface area contributed by atoms with Gasteiger partial charge in [-0.2, -0.15) is 5.10 Å². The number of ether oxygens (including phenoxy) is 2. The maximum atomic E-state index is 8.63.